The van der Waals surface area contributed by atoms with E-state index in [1.54, 1.807) is 13.8 Å². The van der Waals surface area contributed by atoms with E-state index in [1.165, 1.54) is 34.8 Å². The smallest absolute Gasteiger partial charge is 0.271 e. The normalized spacial score (nSPS) is 14.4. The molecule has 0 saturated carbocycles. The van der Waals surface area contributed by atoms with Crippen LogP contribution in [0.1, 0.15) is 42.6 Å². The maximum atomic E-state index is 12.7. The van der Waals surface area contributed by atoms with Gasteiger partial charge in [0.2, 0.25) is 16.0 Å². The van der Waals surface area contributed by atoms with Gasteiger partial charge in [0.15, 0.2) is 0 Å². The Labute approximate surface area is 192 Å². The third-order valence-electron chi connectivity index (χ3n) is 5.10. The number of aromatic nitrogens is 2. The summed E-state index contributed by atoms with van der Waals surface area (Å²) >= 11 is 6.24. The Kier molecular flexibility index (Phi) is 7.64. The molecule has 1 aliphatic rings. The Hall–Kier alpha value is -2.76. The molecule has 172 valence electrons. The summed E-state index contributed by atoms with van der Waals surface area (Å²) in [6.07, 6.45) is 3.42. The van der Waals surface area contributed by atoms with Crippen LogP contribution < -0.4 is 16.1 Å². The van der Waals surface area contributed by atoms with Crippen molar-refractivity contribution in [1.82, 2.24) is 19.7 Å². The van der Waals surface area contributed by atoms with Crippen LogP contribution in [0.25, 0.3) is 0 Å². The summed E-state index contributed by atoms with van der Waals surface area (Å²) in [5.41, 5.74) is 8.75. The Balaban J connectivity index is 1.80. The molecule has 0 atom stereocenters. The summed E-state index contributed by atoms with van der Waals surface area (Å²) in [5.74, 6) is 0.0580. The van der Waals surface area contributed by atoms with Crippen LogP contribution in [0.3, 0.4) is 0 Å². The van der Waals surface area contributed by atoms with Gasteiger partial charge in [0.1, 0.15) is 11.0 Å². The number of anilines is 2. The van der Waals surface area contributed by atoms with Crippen molar-refractivity contribution in [2.45, 2.75) is 31.6 Å². The van der Waals surface area contributed by atoms with Crippen molar-refractivity contribution in [1.29, 1.82) is 0 Å². The number of nitrogen functional groups attached to an aromatic ring is 1. The van der Waals surface area contributed by atoms with Crippen molar-refractivity contribution in [2.75, 3.05) is 36.8 Å². The number of benzene rings is 1. The van der Waals surface area contributed by atoms with E-state index >= 15 is 0 Å². The van der Waals surface area contributed by atoms with Gasteiger partial charge in [0.05, 0.1) is 16.7 Å². The van der Waals surface area contributed by atoms with Crippen molar-refractivity contribution >= 4 is 45.5 Å². The first kappa shape index (κ1) is 23.9. The highest BCUT2D eigenvalue weighted by Gasteiger charge is 2.23. The predicted octanol–water partition coefficient (Wildman–Crippen LogP) is 2.11. The third-order valence-corrected chi connectivity index (χ3v) is 7.44. The molecular formula is C20H26ClN7O3S. The molecule has 3 rings (SSSR count). The van der Waals surface area contributed by atoms with Gasteiger partial charge in [-0.15, -0.1) is 0 Å². The number of halogens is 1. The average molecular weight is 480 g/mol. The van der Waals surface area contributed by atoms with Crippen molar-refractivity contribution < 1.29 is 13.2 Å². The molecule has 12 heteroatoms. The van der Waals surface area contributed by atoms with Gasteiger partial charge in [-0.3, -0.25) is 4.79 Å². The Morgan fingerprint density at radius 2 is 1.97 bits per heavy atom. The first-order valence-corrected chi connectivity index (χ1v) is 12.1. The minimum Gasteiger partial charge on any atom is -0.368 e. The highest BCUT2D eigenvalue weighted by atomic mass is 35.5. The van der Waals surface area contributed by atoms with Gasteiger partial charge in [-0.05, 0) is 31.0 Å². The van der Waals surface area contributed by atoms with Crippen LogP contribution in [0.15, 0.2) is 34.3 Å². The molecule has 0 bridgehead atoms. The predicted molar refractivity (Wildman–Crippen MR) is 125 cm³/mol. The van der Waals surface area contributed by atoms with Crippen LogP contribution >= 0.6 is 11.6 Å². The molecule has 2 aromatic rings. The van der Waals surface area contributed by atoms with Crippen molar-refractivity contribution in [3.05, 3.63) is 40.5 Å². The highest BCUT2D eigenvalue weighted by molar-refractivity contribution is 7.89. The second-order valence-electron chi connectivity index (χ2n) is 7.12. The molecule has 0 aliphatic carbocycles. The van der Waals surface area contributed by atoms with Crippen LogP contribution in [-0.4, -0.2) is 61.0 Å². The van der Waals surface area contributed by atoms with Crippen molar-refractivity contribution in [2.24, 2.45) is 5.10 Å². The van der Waals surface area contributed by atoms with Crippen LogP contribution in [0.2, 0.25) is 5.15 Å². The summed E-state index contributed by atoms with van der Waals surface area (Å²) in [5, 5.41) is 4.11. The van der Waals surface area contributed by atoms with E-state index in [0.717, 1.165) is 25.9 Å². The van der Waals surface area contributed by atoms with Gasteiger partial charge in [-0.2, -0.15) is 14.4 Å². The standard InChI is InChI=1S/C20H26ClN7O3S/c1-3-28(4-2)32(30,31)15-9-7-8-14(12-15)19(29)26-23-13-16-17(21)24-20(22)25-18(16)27-10-5-6-11-27/h7-9,12-13H,3-6,10-11H2,1-2H3,(H,26,29)(H2,22,24,25)/b23-13+. The van der Waals surface area contributed by atoms with E-state index in [-0.39, 0.29) is 21.6 Å². The number of nitrogens with one attached hydrogen (secondary N) is 1. The monoisotopic (exact) mass is 479 g/mol. The zero-order chi connectivity index (χ0) is 23.3. The fraction of sp³-hybridized carbons (Fsp3) is 0.400. The zero-order valence-electron chi connectivity index (χ0n) is 18.0. The molecule has 0 unspecified atom stereocenters. The average Bonchev–Trinajstić information content (AvgIpc) is 3.30. The third kappa shape index (κ3) is 5.17. The van der Waals surface area contributed by atoms with Crippen LogP contribution in [0, 0.1) is 0 Å². The zero-order valence-corrected chi connectivity index (χ0v) is 19.5. The molecule has 1 amide bonds. The first-order chi connectivity index (χ1) is 15.3. The number of nitrogens with zero attached hydrogens (tertiary/aromatic N) is 5. The molecule has 10 nitrogen and oxygen atoms in total. The van der Waals surface area contributed by atoms with Gasteiger partial charge in [-0.1, -0.05) is 31.5 Å². The van der Waals surface area contributed by atoms with E-state index in [4.69, 9.17) is 17.3 Å². The van der Waals surface area contributed by atoms with E-state index < -0.39 is 15.9 Å². The number of carbonyl (C=O) groups excluding carboxylic acids is 1. The van der Waals surface area contributed by atoms with E-state index in [2.05, 4.69) is 20.5 Å². The molecule has 1 aromatic heterocycles. The minimum absolute atomic E-state index is 0.0455. The van der Waals surface area contributed by atoms with Crippen LogP contribution in [0.5, 0.6) is 0 Å². The Morgan fingerprint density at radius 3 is 2.62 bits per heavy atom. The molecule has 0 spiro atoms. The van der Waals surface area contributed by atoms with Gasteiger partial charge in [-0.25, -0.2) is 18.8 Å². The van der Waals surface area contributed by atoms with Gasteiger partial charge >= 0.3 is 0 Å². The molecule has 2 heterocycles. The number of carbonyl (C=O) groups is 1. The number of amides is 1. The molecule has 1 saturated heterocycles. The SMILES string of the molecule is CCN(CC)S(=O)(=O)c1cccc(C(=O)N/N=C/c2c(Cl)nc(N)nc2N2CCCC2)c1. The Bertz CT molecular complexity index is 1110. The first-order valence-electron chi connectivity index (χ1n) is 10.3. The topological polar surface area (TPSA) is 134 Å². The lowest BCUT2D eigenvalue weighted by atomic mass is 10.2. The molecule has 1 fully saturated rings. The largest absolute Gasteiger partial charge is 0.368 e. The van der Waals surface area contributed by atoms with E-state index in [9.17, 15) is 13.2 Å². The van der Waals surface area contributed by atoms with Gasteiger partial charge in [0, 0.05) is 31.7 Å². The summed E-state index contributed by atoms with van der Waals surface area (Å²) in [6, 6.07) is 5.82. The fourth-order valence-electron chi connectivity index (χ4n) is 3.46. The van der Waals surface area contributed by atoms with Gasteiger partial charge < -0.3 is 10.6 Å². The van der Waals surface area contributed by atoms with Gasteiger partial charge in [0.25, 0.3) is 5.91 Å². The summed E-state index contributed by atoms with van der Waals surface area (Å²) in [7, 11) is -3.68. The number of hydrogen-bond donors (Lipinski definition) is 2. The summed E-state index contributed by atoms with van der Waals surface area (Å²) in [4.78, 5) is 22.9. The molecule has 0 radical (unpaired) electrons. The molecule has 3 N–H and O–H groups in total. The minimum atomic E-state index is -3.68. The molecule has 1 aliphatic heterocycles. The lowest BCUT2D eigenvalue weighted by molar-refractivity contribution is 0.0955. The van der Waals surface area contributed by atoms with Crippen LogP contribution in [0.4, 0.5) is 11.8 Å². The van der Waals surface area contributed by atoms with Crippen molar-refractivity contribution in [3.63, 3.8) is 0 Å². The lowest BCUT2D eigenvalue weighted by Gasteiger charge is -2.19. The summed E-state index contributed by atoms with van der Waals surface area (Å²) in [6.45, 7) is 5.82. The maximum absolute atomic E-state index is 12.7. The lowest BCUT2D eigenvalue weighted by Crippen LogP contribution is -2.30. The summed E-state index contributed by atoms with van der Waals surface area (Å²) < 4.78 is 26.8. The van der Waals surface area contributed by atoms with Crippen molar-refractivity contribution in [3.8, 4) is 0 Å². The second-order valence-corrected chi connectivity index (χ2v) is 9.42. The Morgan fingerprint density at radius 1 is 1.28 bits per heavy atom. The number of hydrogen-bond acceptors (Lipinski definition) is 8. The number of nitrogens with two attached hydrogens (primary N) is 1. The number of hydrazone groups is 1. The van der Waals surface area contributed by atoms with Crippen LogP contribution in [-0.2, 0) is 10.0 Å². The number of rotatable bonds is 8. The number of sulfonamides is 1. The molecule has 32 heavy (non-hydrogen) atoms. The molecule has 1 aromatic carbocycles. The second kappa shape index (κ2) is 10.2. The van der Waals surface area contributed by atoms with E-state index in [1.807, 2.05) is 4.90 Å². The quantitative estimate of drug-likeness (QED) is 0.336. The molecular weight excluding hydrogens is 454 g/mol. The highest BCUT2D eigenvalue weighted by Crippen LogP contribution is 2.26. The fourth-order valence-corrected chi connectivity index (χ4v) is 5.18. The maximum Gasteiger partial charge on any atom is 0.271 e. The van der Waals surface area contributed by atoms with E-state index in [0.29, 0.717) is 24.5 Å².